The smallest absolute Gasteiger partial charge is 0.170 e. The predicted molar refractivity (Wildman–Crippen MR) is 46.6 cm³/mol. The van der Waals surface area contributed by atoms with Crippen molar-refractivity contribution in [3.05, 3.63) is 24.5 Å². The second-order valence-corrected chi connectivity index (χ2v) is 2.78. The van der Waals surface area contributed by atoms with Gasteiger partial charge in [0.05, 0.1) is 0 Å². The Bertz CT molecular complexity index is 218. The van der Waals surface area contributed by atoms with Crippen LogP contribution < -0.4 is 26.4 Å². The third-order valence-electron chi connectivity index (χ3n) is 1.76. The molecule has 0 spiro atoms. The number of aromatic nitrogens is 1. The van der Waals surface area contributed by atoms with Crippen molar-refractivity contribution in [3.8, 4) is 0 Å². The number of aryl methyl sites for hydroxylation is 1. The summed E-state index contributed by atoms with van der Waals surface area (Å²) in [5, 5.41) is 0. The molecule has 0 atom stereocenters. The number of halogens is 1. The first kappa shape index (κ1) is 11.4. The van der Waals surface area contributed by atoms with Gasteiger partial charge in [-0.1, -0.05) is 0 Å². The van der Waals surface area contributed by atoms with Gasteiger partial charge in [-0.2, -0.15) is 0 Å². The van der Waals surface area contributed by atoms with Crippen LogP contribution in [0.25, 0.3) is 0 Å². The minimum absolute atomic E-state index is 0. The molecule has 0 aliphatic heterocycles. The molecule has 0 aliphatic carbocycles. The Labute approximate surface area is 84.6 Å². The maximum absolute atomic E-state index is 2.15. The third-order valence-corrected chi connectivity index (χ3v) is 1.76. The first-order valence-corrected chi connectivity index (χ1v) is 3.90. The average molecular weight is 231 g/mol. The molecular weight excluding hydrogens is 216 g/mol. The highest BCUT2D eigenvalue weighted by Gasteiger charge is 1.97. The summed E-state index contributed by atoms with van der Waals surface area (Å²) in [4.78, 5) is 2.10. The quantitative estimate of drug-likeness (QED) is 0.537. The van der Waals surface area contributed by atoms with E-state index in [4.69, 9.17) is 0 Å². The molecule has 3 heteroatoms. The summed E-state index contributed by atoms with van der Waals surface area (Å²) in [6.07, 6.45) is 4.19. The van der Waals surface area contributed by atoms with Crippen LogP contribution in [0.5, 0.6) is 0 Å². The van der Waals surface area contributed by atoms with E-state index in [0.29, 0.717) is 0 Å². The van der Waals surface area contributed by atoms with E-state index < -0.39 is 0 Å². The highest BCUT2D eigenvalue weighted by atomic mass is 79.9. The van der Waals surface area contributed by atoms with E-state index >= 15 is 0 Å². The zero-order chi connectivity index (χ0) is 8.27. The van der Waals surface area contributed by atoms with Gasteiger partial charge < -0.3 is 21.9 Å². The molecule has 12 heavy (non-hydrogen) atoms. The average Bonchev–Trinajstić information content (AvgIpc) is 2.05. The number of hydrogen-bond acceptors (Lipinski definition) is 1. The molecule has 0 aromatic carbocycles. The monoisotopic (exact) mass is 230 g/mol. The van der Waals surface area contributed by atoms with Gasteiger partial charge in [-0.3, -0.25) is 0 Å². The third kappa shape index (κ3) is 2.81. The van der Waals surface area contributed by atoms with Crippen molar-refractivity contribution >= 4 is 5.69 Å². The van der Waals surface area contributed by atoms with Crippen LogP contribution in [0.1, 0.15) is 6.92 Å². The minimum atomic E-state index is 0. The summed E-state index contributed by atoms with van der Waals surface area (Å²) >= 11 is 0. The van der Waals surface area contributed by atoms with Crippen molar-refractivity contribution in [3.63, 3.8) is 0 Å². The van der Waals surface area contributed by atoms with Crippen LogP contribution in [0, 0.1) is 0 Å². The van der Waals surface area contributed by atoms with Crippen LogP contribution in [0.4, 0.5) is 5.69 Å². The van der Waals surface area contributed by atoms with E-state index in [1.165, 1.54) is 5.69 Å². The maximum Gasteiger partial charge on any atom is 0.170 e. The lowest BCUT2D eigenvalue weighted by Crippen LogP contribution is -3.00. The van der Waals surface area contributed by atoms with Crippen LogP contribution in [0.2, 0.25) is 0 Å². The Morgan fingerprint density at radius 3 is 2.08 bits per heavy atom. The number of hydrogen-bond donors (Lipinski definition) is 0. The molecule has 0 N–H and O–H groups in total. The van der Waals surface area contributed by atoms with Gasteiger partial charge in [0.25, 0.3) is 0 Å². The van der Waals surface area contributed by atoms with E-state index in [1.807, 2.05) is 14.1 Å². The molecular formula is C9H15BrN2. The number of rotatable bonds is 2. The summed E-state index contributed by atoms with van der Waals surface area (Å²) in [7, 11) is 4.09. The van der Waals surface area contributed by atoms with Crippen molar-refractivity contribution in [2.45, 2.75) is 13.5 Å². The van der Waals surface area contributed by atoms with Crippen LogP contribution in [-0.4, -0.2) is 14.1 Å². The molecule has 1 rings (SSSR count). The molecule has 0 amide bonds. The normalized spacial score (nSPS) is 8.92. The van der Waals surface area contributed by atoms with Gasteiger partial charge in [0.1, 0.15) is 6.54 Å². The Morgan fingerprint density at radius 2 is 1.75 bits per heavy atom. The summed E-state index contributed by atoms with van der Waals surface area (Å²) in [6.45, 7) is 3.17. The highest BCUT2D eigenvalue weighted by Crippen LogP contribution is 2.05. The minimum Gasteiger partial charge on any atom is -1.00 e. The molecule has 0 unspecified atom stereocenters. The Balaban J connectivity index is 0.00000121. The van der Waals surface area contributed by atoms with Gasteiger partial charge in [-0.25, -0.2) is 4.57 Å². The fourth-order valence-electron chi connectivity index (χ4n) is 0.958. The number of anilines is 1. The van der Waals surface area contributed by atoms with Crippen molar-refractivity contribution < 1.29 is 21.5 Å². The molecule has 0 aliphatic rings. The van der Waals surface area contributed by atoms with Gasteiger partial charge in [0.2, 0.25) is 0 Å². The largest absolute Gasteiger partial charge is 1.00 e. The van der Waals surface area contributed by atoms with Gasteiger partial charge in [-0.15, -0.1) is 0 Å². The molecule has 0 fully saturated rings. The molecule has 1 heterocycles. The Kier molecular flexibility index (Phi) is 4.90. The zero-order valence-electron chi connectivity index (χ0n) is 7.79. The van der Waals surface area contributed by atoms with Crippen molar-refractivity contribution in [2.75, 3.05) is 19.0 Å². The molecule has 0 saturated carbocycles. The summed E-state index contributed by atoms with van der Waals surface area (Å²) < 4.78 is 2.15. The predicted octanol–water partition coefficient (Wildman–Crippen LogP) is -1.94. The van der Waals surface area contributed by atoms with Crippen molar-refractivity contribution in [1.29, 1.82) is 0 Å². The number of nitrogens with zero attached hydrogens (tertiary/aromatic N) is 2. The second-order valence-electron chi connectivity index (χ2n) is 2.78. The standard InChI is InChI=1S/C9H15N2.BrH/c1-4-11-7-5-9(6-8-11)10(2)3;/h5-8H,4H2,1-3H3;1H/q+1;/p-1. The Hall–Kier alpha value is -0.570. The van der Waals surface area contributed by atoms with Gasteiger partial charge in [0, 0.05) is 31.9 Å². The first-order valence-electron chi connectivity index (χ1n) is 3.90. The molecule has 0 bridgehead atoms. The molecule has 0 radical (unpaired) electrons. The van der Waals surface area contributed by atoms with Crippen LogP contribution in [0.15, 0.2) is 24.5 Å². The van der Waals surface area contributed by atoms with Crippen molar-refractivity contribution in [1.82, 2.24) is 0 Å². The second kappa shape index (κ2) is 5.14. The van der Waals surface area contributed by atoms with E-state index in [0.717, 1.165) is 6.54 Å². The van der Waals surface area contributed by atoms with E-state index in [2.05, 4.69) is 40.9 Å². The molecule has 68 valence electrons. The lowest BCUT2D eigenvalue weighted by atomic mass is 10.4. The topological polar surface area (TPSA) is 7.12 Å². The van der Waals surface area contributed by atoms with E-state index in [-0.39, 0.29) is 17.0 Å². The fraction of sp³-hybridized carbons (Fsp3) is 0.444. The fourth-order valence-corrected chi connectivity index (χ4v) is 0.958. The van der Waals surface area contributed by atoms with Crippen molar-refractivity contribution in [2.24, 2.45) is 0 Å². The molecule has 0 saturated heterocycles. The first-order chi connectivity index (χ1) is 5.24. The molecule has 1 aromatic heterocycles. The number of pyridine rings is 1. The van der Waals surface area contributed by atoms with Gasteiger partial charge in [-0.05, 0) is 6.92 Å². The summed E-state index contributed by atoms with van der Waals surface area (Å²) in [6, 6.07) is 4.23. The summed E-state index contributed by atoms with van der Waals surface area (Å²) in [5.74, 6) is 0. The van der Waals surface area contributed by atoms with Crippen LogP contribution in [-0.2, 0) is 6.54 Å². The zero-order valence-corrected chi connectivity index (χ0v) is 9.37. The molecule has 1 aromatic rings. The maximum atomic E-state index is 2.15. The van der Waals surface area contributed by atoms with E-state index in [9.17, 15) is 0 Å². The molecule has 2 nitrogen and oxygen atoms in total. The van der Waals surface area contributed by atoms with Crippen LogP contribution >= 0.6 is 0 Å². The van der Waals surface area contributed by atoms with Gasteiger partial charge in [0.15, 0.2) is 12.4 Å². The highest BCUT2D eigenvalue weighted by molar-refractivity contribution is 5.41. The van der Waals surface area contributed by atoms with Crippen LogP contribution in [0.3, 0.4) is 0 Å². The summed E-state index contributed by atoms with van der Waals surface area (Å²) in [5.41, 5.74) is 1.25. The SMILES string of the molecule is CC[n+]1ccc(N(C)C)cc1.[Br-]. The lowest BCUT2D eigenvalue weighted by Gasteiger charge is -2.09. The van der Waals surface area contributed by atoms with Gasteiger partial charge >= 0.3 is 0 Å². The lowest BCUT2D eigenvalue weighted by molar-refractivity contribution is -0.693. The van der Waals surface area contributed by atoms with E-state index in [1.54, 1.807) is 0 Å². The Morgan fingerprint density at radius 1 is 1.25 bits per heavy atom.